The quantitative estimate of drug-likeness (QED) is 0.446. The number of amides is 6. The third-order valence-corrected chi connectivity index (χ3v) is 5.61. The predicted molar refractivity (Wildman–Crippen MR) is 120 cm³/mol. The minimum Gasteiger partial charge on any atom is -0.371 e. The molecule has 2 aliphatic heterocycles. The molecule has 2 aliphatic rings. The van der Waals surface area contributed by atoms with Gasteiger partial charge in [-0.2, -0.15) is 0 Å². The molecule has 0 bridgehead atoms. The van der Waals surface area contributed by atoms with Gasteiger partial charge >= 0.3 is 12.1 Å². The summed E-state index contributed by atoms with van der Waals surface area (Å²) in [5, 5.41) is 10.5. The number of rotatable bonds is 7. The maximum absolute atomic E-state index is 13.6. The lowest BCUT2D eigenvalue weighted by atomic mass is 10.0. The number of carbonyl (C=O) groups excluding carboxylic acids is 4. The highest BCUT2D eigenvalue weighted by atomic mass is 19.2. The van der Waals surface area contributed by atoms with Crippen LogP contribution in [0, 0.1) is 11.6 Å². The molecule has 2 atom stereocenters. The van der Waals surface area contributed by atoms with Gasteiger partial charge in [-0.05, 0) is 48.4 Å². The number of ether oxygens (including phenoxy) is 1. The van der Waals surface area contributed by atoms with Crippen molar-refractivity contribution in [1.82, 2.24) is 15.5 Å². The van der Waals surface area contributed by atoms with Crippen molar-refractivity contribution in [3.63, 3.8) is 0 Å². The second kappa shape index (κ2) is 10.5. The Labute approximate surface area is 199 Å². The van der Waals surface area contributed by atoms with Gasteiger partial charge in [0.05, 0.1) is 12.6 Å². The lowest BCUT2D eigenvalue weighted by Gasteiger charge is -2.20. The molecule has 0 radical (unpaired) electrons. The number of anilines is 2. The van der Waals surface area contributed by atoms with Gasteiger partial charge in [-0.3, -0.25) is 14.5 Å². The van der Waals surface area contributed by atoms with E-state index in [9.17, 15) is 28.0 Å². The molecule has 2 heterocycles. The van der Waals surface area contributed by atoms with E-state index in [1.165, 1.54) is 6.07 Å². The summed E-state index contributed by atoms with van der Waals surface area (Å²) in [7, 11) is 0. The van der Waals surface area contributed by atoms with Gasteiger partial charge in [0, 0.05) is 30.9 Å². The third-order valence-electron chi connectivity index (χ3n) is 5.61. The topological polar surface area (TPSA) is 129 Å². The molecule has 184 valence electrons. The molecule has 0 unspecified atom stereocenters. The van der Waals surface area contributed by atoms with Crippen molar-refractivity contribution < 1.29 is 32.7 Å². The Morgan fingerprint density at radius 1 is 1.03 bits per heavy atom. The van der Waals surface area contributed by atoms with Crippen LogP contribution in [0.1, 0.15) is 24.5 Å². The monoisotopic (exact) mass is 487 g/mol. The summed E-state index contributed by atoms with van der Waals surface area (Å²) in [6, 6.07) is 8.41. The molecule has 0 saturated carbocycles. The number of halogens is 2. The van der Waals surface area contributed by atoms with Crippen LogP contribution in [-0.4, -0.2) is 54.5 Å². The van der Waals surface area contributed by atoms with Gasteiger partial charge in [-0.25, -0.2) is 18.4 Å². The molecule has 35 heavy (non-hydrogen) atoms. The Kier molecular flexibility index (Phi) is 7.20. The van der Waals surface area contributed by atoms with Crippen LogP contribution in [0.3, 0.4) is 0 Å². The summed E-state index contributed by atoms with van der Waals surface area (Å²) < 4.78 is 32.4. The fraction of sp³-hybridized carbons (Fsp3) is 0.304. The van der Waals surface area contributed by atoms with E-state index in [1.54, 1.807) is 24.3 Å². The van der Waals surface area contributed by atoms with Gasteiger partial charge < -0.3 is 26.0 Å². The van der Waals surface area contributed by atoms with Crippen molar-refractivity contribution in [2.45, 2.75) is 25.0 Å². The molecule has 6 amide bonds. The normalized spacial score (nSPS) is 19.4. The number of benzene rings is 2. The van der Waals surface area contributed by atoms with Crippen LogP contribution in [0.5, 0.6) is 0 Å². The van der Waals surface area contributed by atoms with Gasteiger partial charge in [0.25, 0.3) is 0 Å². The van der Waals surface area contributed by atoms with Crippen molar-refractivity contribution in [2.24, 2.45) is 0 Å². The zero-order valence-electron chi connectivity index (χ0n) is 18.5. The van der Waals surface area contributed by atoms with E-state index in [0.717, 1.165) is 17.0 Å². The summed E-state index contributed by atoms with van der Waals surface area (Å²) in [6.07, 6.45) is -0.146. The number of urea groups is 2. The molecule has 0 spiro atoms. The first-order valence-electron chi connectivity index (χ1n) is 10.9. The van der Waals surface area contributed by atoms with E-state index in [4.69, 9.17) is 4.74 Å². The SMILES string of the molecule is O=C(CCN1C(=O)CNC1=O)Nc1ccc(NC(=O)N[C@@H]2CCO[C@H]2c2ccc(F)c(F)c2)cc1. The molecule has 0 aromatic heterocycles. The summed E-state index contributed by atoms with van der Waals surface area (Å²) in [5.74, 6) is -2.69. The van der Waals surface area contributed by atoms with Crippen molar-refractivity contribution in [1.29, 1.82) is 0 Å². The molecule has 4 rings (SSSR count). The van der Waals surface area contributed by atoms with Gasteiger partial charge in [-0.15, -0.1) is 0 Å². The van der Waals surface area contributed by atoms with Crippen LogP contribution in [0.25, 0.3) is 0 Å². The lowest BCUT2D eigenvalue weighted by molar-refractivity contribution is -0.125. The first kappa shape index (κ1) is 24.1. The van der Waals surface area contributed by atoms with Crippen LogP contribution in [0.2, 0.25) is 0 Å². The molecular weight excluding hydrogens is 464 g/mol. The number of nitrogens with one attached hydrogen (secondary N) is 4. The van der Waals surface area contributed by atoms with Crippen LogP contribution in [0.15, 0.2) is 42.5 Å². The number of nitrogens with zero attached hydrogens (tertiary/aromatic N) is 1. The molecule has 2 aromatic carbocycles. The molecule has 10 nitrogen and oxygen atoms in total. The van der Waals surface area contributed by atoms with E-state index in [-0.39, 0.29) is 31.3 Å². The average molecular weight is 487 g/mol. The van der Waals surface area contributed by atoms with Crippen molar-refractivity contribution in [2.75, 3.05) is 30.3 Å². The Hall–Kier alpha value is -4.06. The summed E-state index contributed by atoms with van der Waals surface area (Å²) in [6.45, 7) is 0.272. The second-order valence-corrected chi connectivity index (χ2v) is 8.04. The molecule has 2 saturated heterocycles. The molecule has 12 heteroatoms. The third kappa shape index (κ3) is 5.90. The maximum Gasteiger partial charge on any atom is 0.324 e. The highest BCUT2D eigenvalue weighted by Crippen LogP contribution is 2.30. The minimum absolute atomic E-state index is 0.0211. The Balaban J connectivity index is 1.26. The van der Waals surface area contributed by atoms with Crippen molar-refractivity contribution >= 4 is 35.3 Å². The van der Waals surface area contributed by atoms with Crippen LogP contribution in [0.4, 0.5) is 29.7 Å². The Morgan fingerprint density at radius 3 is 2.40 bits per heavy atom. The zero-order chi connectivity index (χ0) is 24.9. The van der Waals surface area contributed by atoms with Crippen LogP contribution >= 0.6 is 0 Å². The second-order valence-electron chi connectivity index (χ2n) is 8.04. The van der Waals surface area contributed by atoms with Crippen LogP contribution in [-0.2, 0) is 14.3 Å². The van der Waals surface area contributed by atoms with E-state index in [2.05, 4.69) is 21.3 Å². The fourth-order valence-electron chi connectivity index (χ4n) is 3.85. The first-order chi connectivity index (χ1) is 16.8. The molecule has 2 fully saturated rings. The summed E-state index contributed by atoms with van der Waals surface area (Å²) in [5.41, 5.74) is 1.37. The van der Waals surface area contributed by atoms with Crippen molar-refractivity contribution in [3.05, 3.63) is 59.7 Å². The standard InChI is InChI=1S/C23H23F2N5O5/c24-16-6-1-13(11-17(16)25)21-18(8-10-35-21)29-22(33)28-15-4-2-14(3-5-15)27-19(31)7-9-30-20(32)12-26-23(30)34/h1-6,11,18,21H,7-10,12H2,(H,26,34)(H,27,31)(H2,28,29,33)/t18-,21+/m1/s1. The van der Waals surface area contributed by atoms with Crippen LogP contribution < -0.4 is 21.3 Å². The Bertz CT molecular complexity index is 1130. The molecular formula is C23H23F2N5O5. The Morgan fingerprint density at radius 2 is 1.74 bits per heavy atom. The number of carbonyl (C=O) groups is 4. The molecule has 2 aromatic rings. The van der Waals surface area contributed by atoms with E-state index >= 15 is 0 Å². The highest BCUT2D eigenvalue weighted by molar-refractivity contribution is 6.02. The van der Waals surface area contributed by atoms with Gasteiger partial charge in [-0.1, -0.05) is 6.07 Å². The van der Waals surface area contributed by atoms with Gasteiger partial charge in [0.2, 0.25) is 11.8 Å². The zero-order valence-corrected chi connectivity index (χ0v) is 18.5. The van der Waals surface area contributed by atoms with Gasteiger partial charge in [0.1, 0.15) is 6.10 Å². The maximum atomic E-state index is 13.6. The smallest absolute Gasteiger partial charge is 0.324 e. The molecule has 4 N–H and O–H groups in total. The number of hydrogen-bond donors (Lipinski definition) is 4. The average Bonchev–Trinajstić information content (AvgIpc) is 3.41. The number of hydrogen-bond acceptors (Lipinski definition) is 5. The highest BCUT2D eigenvalue weighted by Gasteiger charge is 2.31. The lowest BCUT2D eigenvalue weighted by Crippen LogP contribution is -2.39. The van der Waals surface area contributed by atoms with E-state index in [1.807, 2.05) is 0 Å². The fourth-order valence-corrected chi connectivity index (χ4v) is 3.85. The van der Waals surface area contributed by atoms with E-state index in [0.29, 0.717) is 30.0 Å². The predicted octanol–water partition coefficient (Wildman–Crippen LogP) is 2.50. The number of imide groups is 1. The van der Waals surface area contributed by atoms with E-state index < -0.39 is 35.8 Å². The summed E-state index contributed by atoms with van der Waals surface area (Å²) in [4.78, 5) is 48.6. The largest absolute Gasteiger partial charge is 0.371 e. The molecule has 0 aliphatic carbocycles. The van der Waals surface area contributed by atoms with Gasteiger partial charge in [0.15, 0.2) is 11.6 Å². The summed E-state index contributed by atoms with van der Waals surface area (Å²) >= 11 is 0. The minimum atomic E-state index is -0.983. The van der Waals surface area contributed by atoms with Crippen molar-refractivity contribution in [3.8, 4) is 0 Å². The first-order valence-corrected chi connectivity index (χ1v) is 10.9.